The van der Waals surface area contributed by atoms with Crippen molar-refractivity contribution < 1.29 is 8.42 Å². The number of pyridine rings is 1. The molecule has 7 nitrogen and oxygen atoms in total. The van der Waals surface area contributed by atoms with Gasteiger partial charge in [0.05, 0.1) is 5.69 Å². The minimum atomic E-state index is -3.77. The van der Waals surface area contributed by atoms with E-state index in [1.807, 2.05) is 0 Å². The first-order valence-electron chi connectivity index (χ1n) is 5.15. The third-order valence-corrected chi connectivity index (χ3v) is 4.00. The Bertz CT molecular complexity index is 663. The van der Waals surface area contributed by atoms with E-state index in [0.29, 0.717) is 5.69 Å². The summed E-state index contributed by atoms with van der Waals surface area (Å²) in [7, 11) is -2.14. The van der Waals surface area contributed by atoms with Crippen molar-refractivity contribution in [3.05, 3.63) is 30.1 Å². The fraction of sp³-hybridized carbons (Fsp3) is 0.200. The van der Waals surface area contributed by atoms with Crippen molar-refractivity contribution >= 4 is 21.7 Å². The second kappa shape index (κ2) is 4.30. The molecule has 2 aromatic rings. The first-order valence-corrected chi connectivity index (χ1v) is 6.63. The van der Waals surface area contributed by atoms with Crippen LogP contribution >= 0.6 is 0 Å². The molecule has 0 amide bonds. The topological polar surface area (TPSA) is 103 Å². The van der Waals surface area contributed by atoms with Crippen LogP contribution in [0.15, 0.2) is 29.3 Å². The lowest BCUT2D eigenvalue weighted by Gasteiger charge is -2.06. The Morgan fingerprint density at radius 3 is 2.61 bits per heavy atom. The zero-order valence-corrected chi connectivity index (χ0v) is 10.8. The standard InChI is InChI=1S/C10H13N5O2S/c1-7-9(10(11)13-15(7)2)18(16,17)14-8-5-3-4-6-12-8/h3-6H,1-2H3,(H2,11,13)(H,12,14). The van der Waals surface area contributed by atoms with Crippen LogP contribution in [0.2, 0.25) is 0 Å². The van der Waals surface area contributed by atoms with Crippen LogP contribution in [-0.4, -0.2) is 23.2 Å². The Labute approximate surface area is 105 Å². The summed E-state index contributed by atoms with van der Waals surface area (Å²) in [6.07, 6.45) is 1.50. The lowest BCUT2D eigenvalue weighted by molar-refractivity contribution is 0.600. The lowest BCUT2D eigenvalue weighted by atomic mass is 10.5. The number of aromatic nitrogens is 3. The van der Waals surface area contributed by atoms with E-state index in [0.717, 1.165) is 0 Å². The van der Waals surface area contributed by atoms with E-state index in [9.17, 15) is 8.42 Å². The van der Waals surface area contributed by atoms with Crippen LogP contribution in [0.5, 0.6) is 0 Å². The van der Waals surface area contributed by atoms with E-state index in [-0.39, 0.29) is 16.5 Å². The molecule has 0 fully saturated rings. The van der Waals surface area contributed by atoms with E-state index in [1.54, 1.807) is 32.2 Å². The van der Waals surface area contributed by atoms with Gasteiger partial charge in [-0.1, -0.05) is 6.07 Å². The molecule has 8 heteroatoms. The van der Waals surface area contributed by atoms with Gasteiger partial charge in [0.2, 0.25) is 0 Å². The van der Waals surface area contributed by atoms with Gasteiger partial charge < -0.3 is 5.73 Å². The van der Waals surface area contributed by atoms with Crippen LogP contribution in [0.1, 0.15) is 5.69 Å². The molecular formula is C10H13N5O2S. The average molecular weight is 267 g/mol. The minimum Gasteiger partial charge on any atom is -0.381 e. The second-order valence-electron chi connectivity index (χ2n) is 3.74. The maximum Gasteiger partial charge on any atom is 0.268 e. The maximum absolute atomic E-state index is 12.2. The number of hydrogen-bond acceptors (Lipinski definition) is 5. The van der Waals surface area contributed by atoms with Crippen LogP contribution in [0.3, 0.4) is 0 Å². The van der Waals surface area contributed by atoms with Gasteiger partial charge in [0.1, 0.15) is 5.82 Å². The van der Waals surface area contributed by atoms with Gasteiger partial charge in [-0.2, -0.15) is 5.10 Å². The van der Waals surface area contributed by atoms with Crippen LogP contribution in [0.25, 0.3) is 0 Å². The smallest absolute Gasteiger partial charge is 0.268 e. The summed E-state index contributed by atoms with van der Waals surface area (Å²) in [6.45, 7) is 1.64. The van der Waals surface area contributed by atoms with Gasteiger partial charge >= 0.3 is 0 Å². The monoisotopic (exact) mass is 267 g/mol. The molecule has 2 heterocycles. The van der Waals surface area contributed by atoms with Gasteiger partial charge in [-0.05, 0) is 19.1 Å². The third kappa shape index (κ3) is 2.14. The van der Waals surface area contributed by atoms with Crippen molar-refractivity contribution in [2.75, 3.05) is 10.5 Å². The highest BCUT2D eigenvalue weighted by atomic mass is 32.2. The fourth-order valence-corrected chi connectivity index (χ4v) is 2.89. The molecule has 0 saturated heterocycles. The molecule has 0 bridgehead atoms. The van der Waals surface area contributed by atoms with Crippen LogP contribution in [0, 0.1) is 6.92 Å². The first-order chi connectivity index (χ1) is 8.42. The summed E-state index contributed by atoms with van der Waals surface area (Å²) in [4.78, 5) is 3.88. The van der Waals surface area contributed by atoms with Crippen LogP contribution in [0.4, 0.5) is 11.6 Å². The van der Waals surface area contributed by atoms with Crippen molar-refractivity contribution in [1.82, 2.24) is 14.8 Å². The minimum absolute atomic E-state index is 0.0179. The number of nitrogen functional groups attached to an aromatic ring is 1. The zero-order chi connectivity index (χ0) is 13.3. The molecule has 0 spiro atoms. The van der Waals surface area contributed by atoms with Gasteiger partial charge in [0, 0.05) is 13.2 Å². The Morgan fingerprint density at radius 1 is 1.39 bits per heavy atom. The highest BCUT2D eigenvalue weighted by Crippen LogP contribution is 2.23. The molecule has 0 atom stereocenters. The molecular weight excluding hydrogens is 254 g/mol. The summed E-state index contributed by atoms with van der Waals surface area (Å²) in [5.74, 6) is 0.207. The summed E-state index contributed by atoms with van der Waals surface area (Å²) in [6, 6.07) is 4.94. The number of anilines is 2. The largest absolute Gasteiger partial charge is 0.381 e. The van der Waals surface area contributed by atoms with Gasteiger partial charge in [0.25, 0.3) is 10.0 Å². The highest BCUT2D eigenvalue weighted by Gasteiger charge is 2.24. The maximum atomic E-state index is 12.2. The normalized spacial score (nSPS) is 11.4. The highest BCUT2D eigenvalue weighted by molar-refractivity contribution is 7.93. The predicted octanol–water partition coefficient (Wildman–Crippen LogP) is 0.507. The quantitative estimate of drug-likeness (QED) is 0.843. The molecule has 0 saturated carbocycles. The summed E-state index contributed by atoms with van der Waals surface area (Å²) in [5, 5.41) is 3.87. The van der Waals surface area contributed by atoms with E-state index < -0.39 is 10.0 Å². The number of nitrogens with zero attached hydrogens (tertiary/aromatic N) is 3. The van der Waals surface area contributed by atoms with Crippen molar-refractivity contribution in [1.29, 1.82) is 0 Å². The molecule has 0 aromatic carbocycles. The number of aryl methyl sites for hydroxylation is 1. The van der Waals surface area contributed by atoms with E-state index in [4.69, 9.17) is 5.73 Å². The van der Waals surface area contributed by atoms with Gasteiger partial charge in [-0.3, -0.25) is 9.40 Å². The number of rotatable bonds is 3. The molecule has 2 rings (SSSR count). The SMILES string of the molecule is Cc1c(S(=O)(=O)Nc2ccccn2)c(N)nn1C. The summed E-state index contributed by atoms with van der Waals surface area (Å²) < 4.78 is 28.1. The summed E-state index contributed by atoms with van der Waals surface area (Å²) in [5.41, 5.74) is 6.08. The molecule has 3 N–H and O–H groups in total. The van der Waals surface area contributed by atoms with Gasteiger partial charge in [-0.15, -0.1) is 0 Å². The van der Waals surface area contributed by atoms with Crippen LogP contribution in [-0.2, 0) is 17.1 Å². The molecule has 2 aromatic heterocycles. The molecule has 0 aliphatic carbocycles. The average Bonchev–Trinajstić information content (AvgIpc) is 2.54. The Kier molecular flexibility index (Phi) is 2.95. The molecule has 0 aliphatic heterocycles. The molecule has 0 unspecified atom stereocenters. The van der Waals surface area contributed by atoms with E-state index in [1.165, 1.54) is 10.9 Å². The van der Waals surface area contributed by atoms with E-state index in [2.05, 4.69) is 14.8 Å². The Morgan fingerprint density at radius 2 is 2.11 bits per heavy atom. The molecule has 96 valence electrons. The predicted molar refractivity (Wildman–Crippen MR) is 67.4 cm³/mol. The van der Waals surface area contributed by atoms with Crippen molar-refractivity contribution in [2.24, 2.45) is 7.05 Å². The molecule has 0 radical (unpaired) electrons. The summed E-state index contributed by atoms with van der Waals surface area (Å²) >= 11 is 0. The van der Waals surface area contributed by atoms with Crippen LogP contribution < -0.4 is 10.5 Å². The van der Waals surface area contributed by atoms with Gasteiger partial charge in [0.15, 0.2) is 10.7 Å². The number of nitrogens with one attached hydrogen (secondary N) is 1. The van der Waals surface area contributed by atoms with Crippen molar-refractivity contribution in [3.8, 4) is 0 Å². The zero-order valence-electron chi connectivity index (χ0n) is 9.95. The van der Waals surface area contributed by atoms with E-state index >= 15 is 0 Å². The number of hydrogen-bond donors (Lipinski definition) is 2. The van der Waals surface area contributed by atoms with Crippen molar-refractivity contribution in [2.45, 2.75) is 11.8 Å². The van der Waals surface area contributed by atoms with Crippen molar-refractivity contribution in [3.63, 3.8) is 0 Å². The fourth-order valence-electron chi connectivity index (χ4n) is 1.56. The lowest BCUT2D eigenvalue weighted by Crippen LogP contribution is -2.16. The molecule has 18 heavy (non-hydrogen) atoms. The first kappa shape index (κ1) is 12.4. The number of nitrogens with two attached hydrogens (primary N) is 1. The van der Waals surface area contributed by atoms with Gasteiger partial charge in [-0.25, -0.2) is 13.4 Å². The Balaban J connectivity index is 2.43. The second-order valence-corrected chi connectivity index (χ2v) is 5.36. The Hall–Kier alpha value is -2.09. The third-order valence-electron chi connectivity index (χ3n) is 2.48. The number of sulfonamides is 1. The molecule has 0 aliphatic rings.